The number of nitrogens with one attached hydrogen (secondary N) is 2. The van der Waals surface area contributed by atoms with Gasteiger partial charge in [0.2, 0.25) is 0 Å². The van der Waals surface area contributed by atoms with E-state index >= 15 is 0 Å². The van der Waals surface area contributed by atoms with E-state index in [1.807, 2.05) is 71.2 Å². The minimum absolute atomic E-state index is 0.101. The molecule has 5 aromatic rings. The maximum atomic E-state index is 13.0. The number of H-pyrrole nitrogens is 1. The SMILES string of the molecule is Cn1c(C(=O)N2CCCC2)cc2ccc(-c3nccc(Nc4ccc(-c5cn[nH]c5)cc4)n3)cc21. The molecule has 1 fully saturated rings. The van der Waals surface area contributed by atoms with Crippen LogP contribution in [-0.2, 0) is 7.05 Å². The van der Waals surface area contributed by atoms with Crippen molar-refractivity contribution in [2.24, 2.45) is 7.05 Å². The van der Waals surface area contributed by atoms with Gasteiger partial charge in [0.05, 0.1) is 6.20 Å². The van der Waals surface area contributed by atoms with Gasteiger partial charge in [0.1, 0.15) is 11.5 Å². The standard InChI is InChI=1S/C27H25N7O/c1-33-23-15-20(5-4-19(23)14-24(33)27(35)34-12-2-3-13-34)26-28-11-10-25(32-26)31-22-8-6-18(7-9-22)21-16-29-30-17-21/h4-11,14-17H,2-3,12-13H2,1H3,(H,29,30)(H,28,31,32). The first kappa shape index (κ1) is 21.1. The van der Waals surface area contributed by atoms with E-state index < -0.39 is 0 Å². The molecule has 0 aliphatic carbocycles. The van der Waals surface area contributed by atoms with Gasteiger partial charge >= 0.3 is 0 Å². The Morgan fingerprint density at radius 3 is 2.54 bits per heavy atom. The summed E-state index contributed by atoms with van der Waals surface area (Å²) in [7, 11) is 1.95. The van der Waals surface area contributed by atoms with Crippen LogP contribution < -0.4 is 5.32 Å². The number of hydrogen-bond acceptors (Lipinski definition) is 5. The molecular weight excluding hydrogens is 438 g/mol. The van der Waals surface area contributed by atoms with Crippen molar-refractivity contribution in [2.75, 3.05) is 18.4 Å². The molecule has 35 heavy (non-hydrogen) atoms. The predicted molar refractivity (Wildman–Crippen MR) is 136 cm³/mol. The molecule has 0 spiro atoms. The molecule has 0 unspecified atom stereocenters. The summed E-state index contributed by atoms with van der Waals surface area (Å²) in [6, 6.07) is 18.0. The van der Waals surface area contributed by atoms with Gasteiger partial charge in [-0.2, -0.15) is 5.10 Å². The van der Waals surface area contributed by atoms with Gasteiger partial charge in [-0.15, -0.1) is 0 Å². The van der Waals surface area contributed by atoms with Crippen molar-refractivity contribution < 1.29 is 4.79 Å². The molecule has 8 nitrogen and oxygen atoms in total. The molecule has 3 aromatic heterocycles. The number of nitrogens with zero attached hydrogens (tertiary/aromatic N) is 5. The quantitative estimate of drug-likeness (QED) is 0.383. The molecule has 0 radical (unpaired) electrons. The molecule has 8 heteroatoms. The highest BCUT2D eigenvalue weighted by Crippen LogP contribution is 2.27. The molecule has 1 amide bonds. The molecule has 1 aliphatic heterocycles. The zero-order chi connectivity index (χ0) is 23.8. The Morgan fingerprint density at radius 1 is 0.971 bits per heavy atom. The third-order valence-electron chi connectivity index (χ3n) is 6.56. The molecule has 1 aliphatic rings. The highest BCUT2D eigenvalue weighted by molar-refractivity contribution is 5.99. The van der Waals surface area contributed by atoms with E-state index in [-0.39, 0.29) is 5.91 Å². The largest absolute Gasteiger partial charge is 0.340 e. The third-order valence-corrected chi connectivity index (χ3v) is 6.56. The zero-order valence-corrected chi connectivity index (χ0v) is 19.4. The number of aryl methyl sites for hydroxylation is 1. The van der Waals surface area contributed by atoms with E-state index in [1.54, 1.807) is 12.4 Å². The fourth-order valence-corrected chi connectivity index (χ4v) is 4.63. The van der Waals surface area contributed by atoms with Gasteiger partial charge in [-0.3, -0.25) is 9.89 Å². The molecule has 2 aromatic carbocycles. The third kappa shape index (κ3) is 4.03. The second kappa shape index (κ2) is 8.72. The van der Waals surface area contributed by atoms with Gasteiger partial charge in [0, 0.05) is 60.2 Å². The van der Waals surface area contributed by atoms with E-state index in [4.69, 9.17) is 4.98 Å². The molecule has 6 rings (SSSR count). The van der Waals surface area contributed by atoms with Crippen molar-refractivity contribution in [1.29, 1.82) is 0 Å². The first-order valence-corrected chi connectivity index (χ1v) is 11.7. The monoisotopic (exact) mass is 463 g/mol. The molecule has 4 heterocycles. The Labute approximate surface area is 202 Å². The number of hydrogen-bond donors (Lipinski definition) is 2. The second-order valence-corrected chi connectivity index (χ2v) is 8.82. The number of rotatable bonds is 5. The maximum Gasteiger partial charge on any atom is 0.270 e. The van der Waals surface area contributed by atoms with E-state index in [2.05, 4.69) is 26.6 Å². The van der Waals surface area contributed by atoms with Crippen molar-refractivity contribution in [3.8, 4) is 22.5 Å². The summed E-state index contributed by atoms with van der Waals surface area (Å²) in [5.41, 5.74) is 5.67. The zero-order valence-electron chi connectivity index (χ0n) is 19.4. The Bertz CT molecular complexity index is 1500. The number of carbonyl (C=O) groups is 1. The van der Waals surface area contributed by atoms with Crippen LogP contribution in [0.2, 0.25) is 0 Å². The van der Waals surface area contributed by atoms with Crippen LogP contribution in [0.3, 0.4) is 0 Å². The van der Waals surface area contributed by atoms with E-state index in [1.165, 1.54) is 0 Å². The van der Waals surface area contributed by atoms with E-state index in [0.717, 1.165) is 59.2 Å². The van der Waals surface area contributed by atoms with Gasteiger partial charge in [-0.1, -0.05) is 24.3 Å². The van der Waals surface area contributed by atoms with Crippen molar-refractivity contribution in [2.45, 2.75) is 12.8 Å². The van der Waals surface area contributed by atoms with Crippen molar-refractivity contribution >= 4 is 28.3 Å². The smallest absolute Gasteiger partial charge is 0.270 e. The Morgan fingerprint density at radius 2 is 1.77 bits per heavy atom. The fraction of sp³-hybridized carbons (Fsp3) is 0.185. The summed E-state index contributed by atoms with van der Waals surface area (Å²) in [5.74, 6) is 1.44. The van der Waals surface area contributed by atoms with Crippen molar-refractivity contribution in [1.82, 2.24) is 29.6 Å². The minimum Gasteiger partial charge on any atom is -0.340 e. The van der Waals surface area contributed by atoms with Crippen LogP contribution in [0.4, 0.5) is 11.5 Å². The van der Waals surface area contributed by atoms with Gasteiger partial charge in [0.25, 0.3) is 5.91 Å². The topological polar surface area (TPSA) is 91.7 Å². The lowest BCUT2D eigenvalue weighted by Crippen LogP contribution is -2.29. The normalized spacial score (nSPS) is 13.5. The summed E-state index contributed by atoms with van der Waals surface area (Å²) in [4.78, 5) is 24.1. The molecule has 0 atom stereocenters. The van der Waals surface area contributed by atoms with Gasteiger partial charge in [-0.25, -0.2) is 9.97 Å². The molecule has 0 saturated carbocycles. The molecule has 1 saturated heterocycles. The number of carbonyl (C=O) groups excluding carboxylic acids is 1. The van der Waals surface area contributed by atoms with Crippen LogP contribution in [0.25, 0.3) is 33.4 Å². The van der Waals surface area contributed by atoms with E-state index in [9.17, 15) is 4.79 Å². The lowest BCUT2D eigenvalue weighted by molar-refractivity contribution is 0.0784. The number of aromatic nitrogens is 5. The lowest BCUT2D eigenvalue weighted by atomic mass is 10.1. The number of aromatic amines is 1. The van der Waals surface area contributed by atoms with Gasteiger partial charge in [-0.05, 0) is 48.7 Å². The van der Waals surface area contributed by atoms with Crippen molar-refractivity contribution in [3.05, 3.63) is 78.9 Å². The molecular formula is C27H25N7O. The number of anilines is 2. The van der Waals surface area contributed by atoms with Crippen LogP contribution in [0.1, 0.15) is 23.3 Å². The summed E-state index contributed by atoms with van der Waals surface area (Å²) in [6.07, 6.45) is 7.58. The van der Waals surface area contributed by atoms with Crippen LogP contribution >= 0.6 is 0 Å². The Kier molecular flexibility index (Phi) is 5.25. The van der Waals surface area contributed by atoms with Crippen LogP contribution in [0.15, 0.2) is 73.2 Å². The second-order valence-electron chi connectivity index (χ2n) is 8.82. The van der Waals surface area contributed by atoms with Gasteiger partial charge < -0.3 is 14.8 Å². The highest BCUT2D eigenvalue weighted by atomic mass is 16.2. The lowest BCUT2D eigenvalue weighted by Gasteiger charge is -2.15. The summed E-state index contributed by atoms with van der Waals surface area (Å²) in [6.45, 7) is 1.68. The van der Waals surface area contributed by atoms with Crippen LogP contribution in [0.5, 0.6) is 0 Å². The maximum absolute atomic E-state index is 13.0. The summed E-state index contributed by atoms with van der Waals surface area (Å²) < 4.78 is 1.98. The first-order valence-electron chi connectivity index (χ1n) is 11.7. The highest BCUT2D eigenvalue weighted by Gasteiger charge is 2.23. The molecule has 2 N–H and O–H groups in total. The summed E-state index contributed by atoms with van der Waals surface area (Å²) in [5, 5.41) is 11.2. The first-order chi connectivity index (χ1) is 17.2. The Balaban J connectivity index is 1.25. The average Bonchev–Trinajstić information content (AvgIpc) is 3.67. The van der Waals surface area contributed by atoms with Gasteiger partial charge in [0.15, 0.2) is 5.82 Å². The number of benzene rings is 2. The predicted octanol–water partition coefficient (Wildman–Crippen LogP) is 5.01. The minimum atomic E-state index is 0.101. The van der Waals surface area contributed by atoms with Crippen LogP contribution in [0, 0.1) is 0 Å². The number of amides is 1. The fourth-order valence-electron chi connectivity index (χ4n) is 4.63. The number of likely N-dealkylation sites (tertiary alicyclic amines) is 1. The Hall–Kier alpha value is -4.46. The average molecular weight is 464 g/mol. The summed E-state index contributed by atoms with van der Waals surface area (Å²) >= 11 is 0. The molecule has 0 bridgehead atoms. The number of fused-ring (bicyclic) bond motifs is 1. The van der Waals surface area contributed by atoms with E-state index in [0.29, 0.717) is 17.3 Å². The molecule has 174 valence electrons. The van der Waals surface area contributed by atoms with Crippen molar-refractivity contribution in [3.63, 3.8) is 0 Å². The van der Waals surface area contributed by atoms with Crippen LogP contribution in [-0.4, -0.2) is 48.6 Å².